The second-order valence-electron chi connectivity index (χ2n) is 4.44. The molecule has 0 atom stereocenters. The van der Waals surface area contributed by atoms with Crippen LogP contribution in [0.5, 0.6) is 0 Å². The average Bonchev–Trinajstić information content (AvgIpc) is 2.39. The van der Waals surface area contributed by atoms with Crippen molar-refractivity contribution in [2.75, 3.05) is 20.6 Å². The van der Waals surface area contributed by atoms with Crippen LogP contribution in [0.2, 0.25) is 0 Å². The van der Waals surface area contributed by atoms with Crippen molar-refractivity contribution >= 4 is 10.0 Å². The van der Waals surface area contributed by atoms with Crippen molar-refractivity contribution in [3.63, 3.8) is 0 Å². The van der Waals surface area contributed by atoms with Crippen molar-refractivity contribution in [1.29, 1.82) is 0 Å². The summed E-state index contributed by atoms with van der Waals surface area (Å²) in [6.07, 6.45) is 3.41. The van der Waals surface area contributed by atoms with E-state index in [9.17, 15) is 8.42 Å². The molecule has 0 aromatic heterocycles. The van der Waals surface area contributed by atoms with Crippen molar-refractivity contribution in [2.24, 2.45) is 0 Å². The molecule has 0 heterocycles. The molecule has 0 fully saturated rings. The van der Waals surface area contributed by atoms with Crippen molar-refractivity contribution in [2.45, 2.75) is 24.3 Å². The second-order valence-corrected chi connectivity index (χ2v) is 6.48. The zero-order chi connectivity index (χ0) is 14.3. The Labute approximate surface area is 116 Å². The van der Waals surface area contributed by atoms with Gasteiger partial charge in [0.25, 0.3) is 0 Å². The molecule has 0 radical (unpaired) electrons. The van der Waals surface area contributed by atoms with Gasteiger partial charge in [-0.05, 0) is 37.6 Å². The predicted octanol–water partition coefficient (Wildman–Crippen LogP) is 1.99. The van der Waals surface area contributed by atoms with Crippen molar-refractivity contribution < 1.29 is 8.42 Å². The third kappa shape index (κ3) is 4.45. The first kappa shape index (κ1) is 15.9. The van der Waals surface area contributed by atoms with E-state index in [1.807, 2.05) is 13.1 Å². The Morgan fingerprint density at radius 2 is 2.16 bits per heavy atom. The van der Waals surface area contributed by atoms with E-state index in [1.54, 1.807) is 31.3 Å². The maximum absolute atomic E-state index is 12.4. The molecule has 0 aliphatic heterocycles. The van der Waals surface area contributed by atoms with Crippen LogP contribution >= 0.6 is 0 Å². The number of hydrogen-bond donors (Lipinski definition) is 1. The van der Waals surface area contributed by atoms with E-state index >= 15 is 0 Å². The molecule has 4 nitrogen and oxygen atoms in total. The first-order chi connectivity index (χ1) is 9.02. The number of allylic oxidation sites excluding steroid dienone is 1. The van der Waals surface area contributed by atoms with Crippen LogP contribution in [0.15, 0.2) is 41.8 Å². The molecule has 0 bridgehead atoms. The summed E-state index contributed by atoms with van der Waals surface area (Å²) in [7, 11) is 0.0611. The summed E-state index contributed by atoms with van der Waals surface area (Å²) >= 11 is 0. The maximum atomic E-state index is 12.4. The summed E-state index contributed by atoms with van der Waals surface area (Å²) in [5, 5.41) is 3.01. The highest BCUT2D eigenvalue weighted by atomic mass is 32.2. The molecule has 0 spiro atoms. The van der Waals surface area contributed by atoms with Gasteiger partial charge in [0.15, 0.2) is 0 Å². The quantitative estimate of drug-likeness (QED) is 0.586. The summed E-state index contributed by atoms with van der Waals surface area (Å²) in [4.78, 5) is 0.348. The lowest BCUT2D eigenvalue weighted by Gasteiger charge is -2.17. The lowest BCUT2D eigenvalue weighted by atomic mass is 10.2. The fourth-order valence-electron chi connectivity index (χ4n) is 1.78. The summed E-state index contributed by atoms with van der Waals surface area (Å²) in [6, 6.07) is 7.04. The van der Waals surface area contributed by atoms with E-state index in [2.05, 4.69) is 11.9 Å². The predicted molar refractivity (Wildman–Crippen MR) is 78.5 cm³/mol. The third-order valence-electron chi connectivity index (χ3n) is 2.87. The summed E-state index contributed by atoms with van der Waals surface area (Å²) in [5.41, 5.74) is 0.961. The van der Waals surface area contributed by atoms with Gasteiger partial charge in [-0.2, -0.15) is 0 Å². The van der Waals surface area contributed by atoms with E-state index in [1.165, 1.54) is 4.31 Å². The number of hydrogen-bond acceptors (Lipinski definition) is 3. The van der Waals surface area contributed by atoms with Gasteiger partial charge >= 0.3 is 0 Å². The molecule has 1 aromatic carbocycles. The Kier molecular flexibility index (Phi) is 6.21. The molecule has 0 saturated heterocycles. The topological polar surface area (TPSA) is 49.4 Å². The Bertz CT molecular complexity index is 512. The van der Waals surface area contributed by atoms with Crippen molar-refractivity contribution in [3.8, 4) is 0 Å². The Morgan fingerprint density at radius 1 is 1.42 bits per heavy atom. The minimum absolute atomic E-state index is 0.348. The SMILES string of the molecule is C=CCCCN(C)S(=O)(=O)c1cccc(CNC)c1. The zero-order valence-corrected chi connectivity index (χ0v) is 12.4. The number of rotatable bonds is 8. The van der Waals surface area contributed by atoms with Gasteiger partial charge in [-0.15, -0.1) is 6.58 Å². The number of benzene rings is 1. The molecule has 106 valence electrons. The highest BCUT2D eigenvalue weighted by Crippen LogP contribution is 2.16. The first-order valence-corrected chi connectivity index (χ1v) is 7.77. The van der Waals surface area contributed by atoms with Crippen LogP contribution in [-0.4, -0.2) is 33.4 Å². The van der Waals surface area contributed by atoms with E-state index < -0.39 is 10.0 Å². The summed E-state index contributed by atoms with van der Waals surface area (Å²) in [6.45, 7) is 4.80. The van der Waals surface area contributed by atoms with Gasteiger partial charge in [-0.25, -0.2) is 12.7 Å². The van der Waals surface area contributed by atoms with Crippen LogP contribution in [0.3, 0.4) is 0 Å². The summed E-state index contributed by atoms with van der Waals surface area (Å²) < 4.78 is 26.1. The van der Waals surface area contributed by atoms with E-state index in [0.717, 1.165) is 18.4 Å². The van der Waals surface area contributed by atoms with E-state index in [0.29, 0.717) is 18.0 Å². The molecule has 1 aromatic rings. The van der Waals surface area contributed by atoms with Crippen LogP contribution < -0.4 is 5.32 Å². The molecular formula is C14H22N2O2S. The van der Waals surface area contributed by atoms with Gasteiger partial charge in [0.05, 0.1) is 4.90 Å². The monoisotopic (exact) mass is 282 g/mol. The molecule has 1 rings (SSSR count). The van der Waals surface area contributed by atoms with E-state index in [-0.39, 0.29) is 0 Å². The first-order valence-electron chi connectivity index (χ1n) is 6.33. The maximum Gasteiger partial charge on any atom is 0.242 e. The molecule has 1 N–H and O–H groups in total. The molecule has 0 aliphatic carbocycles. The Hall–Kier alpha value is -1.17. The molecule has 0 unspecified atom stereocenters. The average molecular weight is 282 g/mol. The van der Waals surface area contributed by atoms with Crippen LogP contribution in [0, 0.1) is 0 Å². The van der Waals surface area contributed by atoms with Crippen LogP contribution in [0.1, 0.15) is 18.4 Å². The highest BCUT2D eigenvalue weighted by molar-refractivity contribution is 7.89. The van der Waals surface area contributed by atoms with Crippen molar-refractivity contribution in [1.82, 2.24) is 9.62 Å². The molecule has 5 heteroatoms. The van der Waals surface area contributed by atoms with Gasteiger partial charge in [0.1, 0.15) is 0 Å². The second kappa shape index (κ2) is 7.43. The zero-order valence-electron chi connectivity index (χ0n) is 11.6. The highest BCUT2D eigenvalue weighted by Gasteiger charge is 2.20. The van der Waals surface area contributed by atoms with Crippen molar-refractivity contribution in [3.05, 3.63) is 42.5 Å². The fraction of sp³-hybridized carbons (Fsp3) is 0.429. The van der Waals surface area contributed by atoms with Gasteiger partial charge in [-0.3, -0.25) is 0 Å². The van der Waals surface area contributed by atoms with Gasteiger partial charge < -0.3 is 5.32 Å². The van der Waals surface area contributed by atoms with Gasteiger partial charge in [0.2, 0.25) is 10.0 Å². The number of sulfonamides is 1. The fourth-order valence-corrected chi connectivity index (χ4v) is 3.06. The van der Waals surface area contributed by atoms with Crippen LogP contribution in [0.25, 0.3) is 0 Å². The lowest BCUT2D eigenvalue weighted by Crippen LogP contribution is -2.28. The third-order valence-corrected chi connectivity index (χ3v) is 4.72. The lowest BCUT2D eigenvalue weighted by molar-refractivity contribution is 0.462. The Morgan fingerprint density at radius 3 is 2.79 bits per heavy atom. The van der Waals surface area contributed by atoms with E-state index in [4.69, 9.17) is 0 Å². The molecular weight excluding hydrogens is 260 g/mol. The van der Waals surface area contributed by atoms with Gasteiger partial charge in [0, 0.05) is 20.1 Å². The minimum atomic E-state index is -3.39. The molecule has 0 saturated carbocycles. The number of nitrogens with one attached hydrogen (secondary N) is 1. The number of unbranched alkanes of at least 4 members (excludes halogenated alkanes) is 1. The smallest absolute Gasteiger partial charge is 0.242 e. The largest absolute Gasteiger partial charge is 0.316 e. The normalized spacial score (nSPS) is 11.7. The standard InChI is InChI=1S/C14H22N2O2S/c1-4-5-6-10-16(3)19(17,18)14-9-7-8-13(11-14)12-15-2/h4,7-9,11,15H,1,5-6,10,12H2,2-3H3. The van der Waals surface area contributed by atoms with Crippen LogP contribution in [-0.2, 0) is 16.6 Å². The molecule has 0 amide bonds. The molecule has 0 aliphatic rings. The Balaban J connectivity index is 2.86. The van der Waals surface area contributed by atoms with Crippen LogP contribution in [0.4, 0.5) is 0 Å². The summed E-state index contributed by atoms with van der Waals surface area (Å²) in [5.74, 6) is 0. The molecule has 19 heavy (non-hydrogen) atoms. The number of nitrogens with zero attached hydrogens (tertiary/aromatic N) is 1. The van der Waals surface area contributed by atoms with Gasteiger partial charge in [-0.1, -0.05) is 18.2 Å². The minimum Gasteiger partial charge on any atom is -0.316 e.